The molecule has 3 heteroatoms. The summed E-state index contributed by atoms with van der Waals surface area (Å²) in [5.41, 5.74) is 2.37. The van der Waals surface area contributed by atoms with Gasteiger partial charge in [-0.3, -0.25) is 0 Å². The van der Waals surface area contributed by atoms with Crippen LogP contribution in [0.3, 0.4) is 0 Å². The maximum Gasteiger partial charge on any atom is 0.124 e. The van der Waals surface area contributed by atoms with Crippen molar-refractivity contribution < 1.29 is 4.74 Å². The molecule has 0 radical (unpaired) electrons. The van der Waals surface area contributed by atoms with E-state index in [1.165, 1.54) is 5.56 Å². The molecule has 0 spiro atoms. The number of benzene rings is 2. The van der Waals surface area contributed by atoms with Crippen LogP contribution in [0.25, 0.3) is 0 Å². The van der Waals surface area contributed by atoms with Crippen LogP contribution < -0.4 is 10.1 Å². The first kappa shape index (κ1) is 15.9. The van der Waals surface area contributed by atoms with E-state index >= 15 is 0 Å². The molecule has 0 bridgehead atoms. The number of nitrogens with one attached hydrogen (secondary N) is 1. The fourth-order valence-electron chi connectivity index (χ4n) is 2.41. The number of rotatable bonds is 7. The molecule has 0 amide bonds. The molecule has 1 unspecified atom stereocenters. The maximum atomic E-state index is 6.27. The Morgan fingerprint density at radius 2 is 1.86 bits per heavy atom. The van der Waals surface area contributed by atoms with Gasteiger partial charge in [-0.1, -0.05) is 54.9 Å². The van der Waals surface area contributed by atoms with E-state index in [0.29, 0.717) is 12.6 Å². The van der Waals surface area contributed by atoms with E-state index in [2.05, 4.69) is 36.5 Å². The minimum absolute atomic E-state index is 0.424. The summed E-state index contributed by atoms with van der Waals surface area (Å²) < 4.78 is 5.39. The predicted octanol–water partition coefficient (Wildman–Crippen LogP) is 4.46. The van der Waals surface area contributed by atoms with Gasteiger partial charge in [0, 0.05) is 23.2 Å². The third-order valence-corrected chi connectivity index (χ3v) is 4.04. The molecule has 112 valence electrons. The van der Waals surface area contributed by atoms with Crippen molar-refractivity contribution in [1.29, 1.82) is 0 Å². The summed E-state index contributed by atoms with van der Waals surface area (Å²) in [4.78, 5) is 0. The van der Waals surface area contributed by atoms with E-state index in [1.54, 1.807) is 7.11 Å². The Morgan fingerprint density at radius 1 is 1.10 bits per heavy atom. The SMILES string of the molecule is CCC(Cc1ccccc1)NCc1c(Cl)cccc1OC. The fraction of sp³-hybridized carbons (Fsp3) is 0.333. The molecule has 0 aromatic heterocycles. The summed E-state index contributed by atoms with van der Waals surface area (Å²) in [6.07, 6.45) is 2.09. The zero-order valence-electron chi connectivity index (χ0n) is 12.6. The van der Waals surface area contributed by atoms with Crippen molar-refractivity contribution in [1.82, 2.24) is 5.32 Å². The van der Waals surface area contributed by atoms with Crippen molar-refractivity contribution >= 4 is 11.6 Å². The average Bonchev–Trinajstić information content (AvgIpc) is 2.53. The van der Waals surface area contributed by atoms with E-state index < -0.39 is 0 Å². The monoisotopic (exact) mass is 303 g/mol. The van der Waals surface area contributed by atoms with Crippen molar-refractivity contribution in [3.8, 4) is 5.75 Å². The summed E-state index contributed by atoms with van der Waals surface area (Å²) in [5, 5.41) is 4.33. The van der Waals surface area contributed by atoms with Crippen molar-refractivity contribution in [3.05, 3.63) is 64.7 Å². The molecule has 0 saturated heterocycles. The lowest BCUT2D eigenvalue weighted by Gasteiger charge is -2.19. The Kier molecular flexibility index (Phi) is 6.09. The fourth-order valence-corrected chi connectivity index (χ4v) is 2.64. The highest BCUT2D eigenvalue weighted by Gasteiger charge is 2.11. The summed E-state index contributed by atoms with van der Waals surface area (Å²) in [7, 11) is 1.68. The second kappa shape index (κ2) is 8.06. The highest BCUT2D eigenvalue weighted by molar-refractivity contribution is 6.31. The van der Waals surface area contributed by atoms with Crippen LogP contribution in [0.1, 0.15) is 24.5 Å². The number of hydrogen-bond acceptors (Lipinski definition) is 2. The van der Waals surface area contributed by atoms with E-state index in [-0.39, 0.29) is 0 Å². The normalized spacial score (nSPS) is 12.1. The van der Waals surface area contributed by atoms with Crippen LogP contribution in [0.2, 0.25) is 5.02 Å². The third-order valence-electron chi connectivity index (χ3n) is 3.68. The Bertz CT molecular complexity index is 556. The van der Waals surface area contributed by atoms with Crippen LogP contribution in [0.4, 0.5) is 0 Å². The molecule has 2 nitrogen and oxygen atoms in total. The van der Waals surface area contributed by atoms with Gasteiger partial charge in [0.05, 0.1) is 7.11 Å². The smallest absolute Gasteiger partial charge is 0.124 e. The molecule has 21 heavy (non-hydrogen) atoms. The number of halogens is 1. The second-order valence-electron chi connectivity index (χ2n) is 5.10. The van der Waals surface area contributed by atoms with Crippen LogP contribution in [-0.4, -0.2) is 13.2 Å². The lowest BCUT2D eigenvalue weighted by molar-refractivity contribution is 0.404. The van der Waals surface area contributed by atoms with Crippen molar-refractivity contribution in [2.75, 3.05) is 7.11 Å². The second-order valence-corrected chi connectivity index (χ2v) is 5.50. The molecule has 0 saturated carbocycles. The average molecular weight is 304 g/mol. The van der Waals surface area contributed by atoms with E-state index in [4.69, 9.17) is 16.3 Å². The standard InChI is InChI=1S/C18H22ClNO/c1-3-15(12-14-8-5-4-6-9-14)20-13-16-17(19)10-7-11-18(16)21-2/h4-11,15,20H,3,12-13H2,1-2H3. The topological polar surface area (TPSA) is 21.3 Å². The van der Waals surface area contributed by atoms with Crippen LogP contribution in [-0.2, 0) is 13.0 Å². The zero-order valence-corrected chi connectivity index (χ0v) is 13.4. The van der Waals surface area contributed by atoms with Gasteiger partial charge in [0.2, 0.25) is 0 Å². The van der Waals surface area contributed by atoms with Crippen LogP contribution in [0, 0.1) is 0 Å². The highest BCUT2D eigenvalue weighted by Crippen LogP contribution is 2.26. The number of hydrogen-bond donors (Lipinski definition) is 1. The summed E-state index contributed by atoms with van der Waals surface area (Å²) in [5.74, 6) is 0.838. The van der Waals surface area contributed by atoms with Gasteiger partial charge in [0.1, 0.15) is 5.75 Å². The number of methoxy groups -OCH3 is 1. The molecule has 0 aliphatic carbocycles. The minimum atomic E-state index is 0.424. The first-order valence-electron chi connectivity index (χ1n) is 7.33. The maximum absolute atomic E-state index is 6.27. The summed E-state index contributed by atoms with van der Waals surface area (Å²) >= 11 is 6.27. The first-order valence-corrected chi connectivity index (χ1v) is 7.71. The quantitative estimate of drug-likeness (QED) is 0.815. The molecule has 0 aliphatic heterocycles. The largest absolute Gasteiger partial charge is 0.496 e. The molecule has 0 aliphatic rings. The minimum Gasteiger partial charge on any atom is -0.496 e. The Hall–Kier alpha value is -1.51. The zero-order chi connectivity index (χ0) is 15.1. The highest BCUT2D eigenvalue weighted by atomic mass is 35.5. The van der Waals surface area contributed by atoms with E-state index in [9.17, 15) is 0 Å². The molecule has 1 N–H and O–H groups in total. The summed E-state index contributed by atoms with van der Waals surface area (Å²) in [6.45, 7) is 2.92. The molecule has 0 fully saturated rings. The van der Waals surface area contributed by atoms with E-state index in [1.807, 2.05) is 24.3 Å². The van der Waals surface area contributed by atoms with Gasteiger partial charge < -0.3 is 10.1 Å². The molecule has 1 atom stereocenters. The predicted molar refractivity (Wildman–Crippen MR) is 89.1 cm³/mol. The van der Waals surface area contributed by atoms with Crippen molar-refractivity contribution in [2.24, 2.45) is 0 Å². The Labute approximate surface area is 132 Å². The molecule has 2 aromatic rings. The van der Waals surface area contributed by atoms with Crippen molar-refractivity contribution in [3.63, 3.8) is 0 Å². The van der Waals surface area contributed by atoms with Crippen LogP contribution >= 0.6 is 11.6 Å². The number of ether oxygens (including phenoxy) is 1. The van der Waals surface area contributed by atoms with Gasteiger partial charge in [-0.25, -0.2) is 0 Å². The van der Waals surface area contributed by atoms with Crippen LogP contribution in [0.5, 0.6) is 5.75 Å². The molecule has 2 rings (SSSR count). The lowest BCUT2D eigenvalue weighted by Crippen LogP contribution is -2.30. The Balaban J connectivity index is 2.00. The van der Waals surface area contributed by atoms with E-state index in [0.717, 1.165) is 29.2 Å². The van der Waals surface area contributed by atoms with Gasteiger partial charge in [-0.2, -0.15) is 0 Å². The lowest BCUT2D eigenvalue weighted by atomic mass is 10.0. The molecule has 0 heterocycles. The van der Waals surface area contributed by atoms with Gasteiger partial charge in [-0.05, 0) is 30.5 Å². The molecule has 2 aromatic carbocycles. The van der Waals surface area contributed by atoms with Crippen molar-refractivity contribution in [2.45, 2.75) is 32.4 Å². The van der Waals surface area contributed by atoms with Crippen LogP contribution in [0.15, 0.2) is 48.5 Å². The van der Waals surface area contributed by atoms with Gasteiger partial charge in [0.25, 0.3) is 0 Å². The van der Waals surface area contributed by atoms with Gasteiger partial charge in [0.15, 0.2) is 0 Å². The molecular formula is C18H22ClNO. The Morgan fingerprint density at radius 3 is 2.52 bits per heavy atom. The first-order chi connectivity index (χ1) is 10.2. The summed E-state index contributed by atoms with van der Waals surface area (Å²) in [6, 6.07) is 16.7. The van der Waals surface area contributed by atoms with Gasteiger partial charge >= 0.3 is 0 Å². The third kappa shape index (κ3) is 4.48. The van der Waals surface area contributed by atoms with Gasteiger partial charge in [-0.15, -0.1) is 0 Å². The molecular weight excluding hydrogens is 282 g/mol.